The summed E-state index contributed by atoms with van der Waals surface area (Å²) in [5, 5.41) is 9.93. The lowest BCUT2D eigenvalue weighted by atomic mass is 10.1. The third-order valence-corrected chi connectivity index (χ3v) is 22.9. The molecule has 0 spiro atoms. The van der Waals surface area contributed by atoms with Crippen LogP contribution in [-0.2, 0) is 23.2 Å². The van der Waals surface area contributed by atoms with Crippen LogP contribution in [0.3, 0.4) is 0 Å². The quantitative estimate of drug-likeness (QED) is 0.0515. The van der Waals surface area contributed by atoms with Gasteiger partial charge in [-0.3, -0.25) is 29.0 Å². The van der Waals surface area contributed by atoms with Gasteiger partial charge in [-0.05, 0) is 116 Å². The molecule has 6 rings (SSSR count). The van der Waals surface area contributed by atoms with Gasteiger partial charge in [-0.15, -0.1) is 0 Å². The lowest BCUT2D eigenvalue weighted by Gasteiger charge is -2.36. The number of alkyl halides is 3. The number of halogens is 3. The highest BCUT2D eigenvalue weighted by atomic mass is 32.2. The minimum absolute atomic E-state index is 0.0405. The van der Waals surface area contributed by atoms with Crippen molar-refractivity contribution >= 4 is 50.4 Å². The zero-order valence-electron chi connectivity index (χ0n) is 43.8. The van der Waals surface area contributed by atoms with Crippen LogP contribution < -0.4 is 22.5 Å². The number of fused-ring (bicyclic) bond motifs is 2. The van der Waals surface area contributed by atoms with Crippen LogP contribution in [0.4, 0.5) is 13.2 Å². The molecule has 0 fully saturated rings. The van der Waals surface area contributed by atoms with Gasteiger partial charge >= 0.3 is 15.6 Å². The Morgan fingerprint density at radius 3 is 1.31 bits per heavy atom. The summed E-state index contributed by atoms with van der Waals surface area (Å²) >= 11 is 0. The number of carbonyl (C=O) groups excluding carboxylic acids is 4. The van der Waals surface area contributed by atoms with Crippen molar-refractivity contribution in [2.24, 2.45) is 0 Å². The molecule has 72 heavy (non-hydrogen) atoms. The van der Waals surface area contributed by atoms with Gasteiger partial charge in [-0.25, -0.2) is 0 Å². The van der Waals surface area contributed by atoms with Gasteiger partial charge in [-0.1, -0.05) is 86.6 Å². The van der Waals surface area contributed by atoms with Crippen LogP contribution in [-0.4, -0.2) is 108 Å². The number of nitrogens with zero attached hydrogens (tertiary/aromatic N) is 3. The van der Waals surface area contributed by atoms with E-state index in [0.717, 1.165) is 27.5 Å². The molecule has 0 aliphatic carbocycles. The third kappa shape index (κ3) is 13.0. The summed E-state index contributed by atoms with van der Waals surface area (Å²) in [5.74, 6) is -1.65. The number of aromatic hydroxyl groups is 1. The van der Waals surface area contributed by atoms with Crippen LogP contribution in [0.5, 0.6) is 34.5 Å². The van der Waals surface area contributed by atoms with Crippen molar-refractivity contribution in [3.8, 4) is 34.5 Å². The lowest BCUT2D eigenvalue weighted by molar-refractivity contribution is -0.0500. The second kappa shape index (κ2) is 22.5. The Kier molecular flexibility index (Phi) is 18.3. The first-order valence-electron chi connectivity index (χ1n) is 23.3. The number of benzene rings is 4. The van der Waals surface area contributed by atoms with Crippen molar-refractivity contribution in [2.75, 3.05) is 33.9 Å². The minimum Gasteiger partial charge on any atom is -0.541 e. The van der Waals surface area contributed by atoms with Crippen LogP contribution in [0.25, 0.3) is 0 Å². The van der Waals surface area contributed by atoms with Gasteiger partial charge in [-0.2, -0.15) is 21.6 Å². The van der Waals surface area contributed by atoms with E-state index < -0.39 is 67.2 Å². The van der Waals surface area contributed by atoms with Crippen molar-refractivity contribution in [1.82, 2.24) is 14.7 Å². The molecule has 15 nitrogen and oxygen atoms in total. The Labute approximate surface area is 423 Å². The molecular weight excluding hydrogens is 992 g/mol. The van der Waals surface area contributed by atoms with Gasteiger partial charge in [0.2, 0.25) is 0 Å². The van der Waals surface area contributed by atoms with Crippen molar-refractivity contribution < 1.29 is 68.4 Å². The Balaban J connectivity index is 0.000000280. The first-order chi connectivity index (χ1) is 33.2. The monoisotopic (exact) mass is 1060 g/mol. The second-order valence-electron chi connectivity index (χ2n) is 20.1. The standard InChI is InChI=1S/C23H26F3NO7SSi.C22H27NO5Si.C6H15N/c1-22(2,3)36(5,6)34-16-11-10-14(12-18(16)32-4)13-27-20(28)15-8-7-9-17(19(15)21(27)29)33-35(30,31)23(24,25)26;1-22(2,3)29(5,6)28-17-11-10-14(12-18(17)27-4)13-23-20(25)15-8-7-9-16(24)19(15)21(23)26;1-4-7(5-2)6-3/h7-12H,13H2,1-6H3;7-12,24H,13H2,1-6H3;4-6H2,1-3H3. The highest BCUT2D eigenvalue weighted by Gasteiger charge is 2.50. The highest BCUT2D eigenvalue weighted by molar-refractivity contribution is 7.88. The minimum atomic E-state index is -6.04. The van der Waals surface area contributed by atoms with E-state index in [1.807, 2.05) is 12.1 Å². The van der Waals surface area contributed by atoms with Gasteiger partial charge < -0.3 is 32.5 Å². The smallest absolute Gasteiger partial charge is 0.534 e. The molecule has 0 radical (unpaired) electrons. The average molecular weight is 1060 g/mol. The molecule has 0 aromatic heterocycles. The molecule has 0 bridgehead atoms. The summed E-state index contributed by atoms with van der Waals surface area (Å²) in [4.78, 5) is 55.4. The van der Waals surface area contributed by atoms with E-state index in [0.29, 0.717) is 28.6 Å². The predicted octanol–water partition coefficient (Wildman–Crippen LogP) is 11.0. The summed E-state index contributed by atoms with van der Waals surface area (Å²) in [6, 6.07) is 18.1. The molecule has 21 heteroatoms. The number of methoxy groups -OCH3 is 2. The van der Waals surface area contributed by atoms with Crippen LogP contribution >= 0.6 is 0 Å². The summed E-state index contributed by atoms with van der Waals surface area (Å²) in [6.07, 6.45) is 0. The van der Waals surface area contributed by atoms with E-state index in [1.165, 1.54) is 38.9 Å². The van der Waals surface area contributed by atoms with Crippen molar-refractivity contribution in [2.45, 2.75) is 117 Å². The second-order valence-corrected chi connectivity index (χ2v) is 31.1. The first kappa shape index (κ1) is 58.7. The SMILES string of the molecule is CCN(CC)CC.COc1cc(CN2C(=O)c3cccc(O)c3C2=O)ccc1O[Si](C)(C)C(C)(C)C.COc1cc(CN2C(=O)c3cccc(OS(=O)(=O)C(F)(F)F)c3C2=O)ccc1O[Si](C)(C)C(C)(C)C. The summed E-state index contributed by atoms with van der Waals surface area (Å²) in [5.41, 5.74) is -5.03. The molecule has 0 unspecified atom stereocenters. The molecular formula is C51H68F3N3O12SSi2. The Morgan fingerprint density at radius 2 is 0.958 bits per heavy atom. The van der Waals surface area contributed by atoms with Gasteiger partial charge in [0.15, 0.2) is 17.2 Å². The Bertz CT molecular complexity index is 2760. The van der Waals surface area contributed by atoms with Crippen LogP contribution in [0.2, 0.25) is 36.3 Å². The number of hydrogen-bond donors (Lipinski definition) is 1. The summed E-state index contributed by atoms with van der Waals surface area (Å²) in [6.45, 7) is 31.2. The molecule has 0 saturated heterocycles. The zero-order valence-corrected chi connectivity index (χ0v) is 46.6. The van der Waals surface area contributed by atoms with Gasteiger partial charge in [0.25, 0.3) is 40.3 Å². The molecule has 4 amide bonds. The van der Waals surface area contributed by atoms with E-state index >= 15 is 0 Å². The van der Waals surface area contributed by atoms with Gasteiger partial charge in [0.1, 0.15) is 17.2 Å². The van der Waals surface area contributed by atoms with Gasteiger partial charge in [0, 0.05) is 0 Å². The summed E-state index contributed by atoms with van der Waals surface area (Å²) in [7, 11) is -7.26. The van der Waals surface area contributed by atoms with E-state index in [4.69, 9.17) is 18.3 Å². The average Bonchev–Trinajstić information content (AvgIpc) is 3.67. The Morgan fingerprint density at radius 1 is 0.569 bits per heavy atom. The molecule has 0 atom stereocenters. The van der Waals surface area contributed by atoms with E-state index in [1.54, 1.807) is 43.5 Å². The number of phenolic OH excluding ortho intramolecular Hbond substituents is 1. The molecule has 4 aromatic carbocycles. The van der Waals surface area contributed by atoms with Crippen LogP contribution in [0.1, 0.15) is 115 Å². The molecule has 0 saturated carbocycles. The largest absolute Gasteiger partial charge is 0.541 e. The van der Waals surface area contributed by atoms with Crippen molar-refractivity contribution in [3.05, 3.63) is 106 Å². The van der Waals surface area contributed by atoms with E-state index in [-0.39, 0.29) is 45.6 Å². The molecule has 4 aromatic rings. The maximum Gasteiger partial charge on any atom is 0.534 e. The fraction of sp³-hybridized carbons (Fsp3) is 0.451. The maximum absolute atomic E-state index is 13.0. The predicted molar refractivity (Wildman–Crippen MR) is 274 cm³/mol. The zero-order chi connectivity index (χ0) is 54.5. The number of rotatable bonds is 15. The number of hydrogen-bond acceptors (Lipinski definition) is 13. The summed E-state index contributed by atoms with van der Waals surface area (Å²) < 4.78 is 89.1. The fourth-order valence-electron chi connectivity index (χ4n) is 6.82. The topological polar surface area (TPSA) is 179 Å². The first-order valence-corrected chi connectivity index (χ1v) is 30.5. The number of carbonyl (C=O) groups is 4. The van der Waals surface area contributed by atoms with Crippen LogP contribution in [0, 0.1) is 0 Å². The normalized spacial score (nSPS) is 14.0. The lowest BCUT2D eigenvalue weighted by Crippen LogP contribution is -2.43. The molecule has 394 valence electrons. The maximum atomic E-state index is 13.0. The number of phenols is 1. The molecule has 1 N–H and O–H groups in total. The third-order valence-electron chi connectivity index (χ3n) is 13.2. The van der Waals surface area contributed by atoms with Crippen LogP contribution in [0.15, 0.2) is 72.8 Å². The number of amides is 4. The number of ether oxygens (including phenoxy) is 2. The molecule has 2 aliphatic heterocycles. The molecule has 2 aliphatic rings. The van der Waals surface area contributed by atoms with Crippen molar-refractivity contribution in [3.63, 3.8) is 0 Å². The van der Waals surface area contributed by atoms with Gasteiger partial charge in [0.05, 0.1) is 49.6 Å². The van der Waals surface area contributed by atoms with E-state index in [2.05, 4.69) is 97.6 Å². The number of imide groups is 2. The Hall–Kier alpha value is -5.91. The van der Waals surface area contributed by atoms with E-state index in [9.17, 15) is 45.9 Å². The highest BCUT2D eigenvalue weighted by Crippen LogP contribution is 2.43. The van der Waals surface area contributed by atoms with Crippen molar-refractivity contribution in [1.29, 1.82) is 0 Å². The fourth-order valence-corrected chi connectivity index (χ4v) is 9.34. The molecule has 2 heterocycles.